The Morgan fingerprint density at radius 1 is 0.404 bits per heavy atom. The van der Waals surface area contributed by atoms with Crippen molar-refractivity contribution in [3.63, 3.8) is 0 Å². The molecular weight excluding hydrogens is 571 g/mol. The van der Waals surface area contributed by atoms with Crippen molar-refractivity contribution < 1.29 is 0 Å². The maximum atomic E-state index is 5.09. The highest BCUT2D eigenvalue weighted by atomic mass is 15.1. The molecule has 3 heteroatoms. The molecule has 0 saturated carbocycles. The summed E-state index contributed by atoms with van der Waals surface area (Å²) in [6, 6.07) is 60.2. The van der Waals surface area contributed by atoms with Gasteiger partial charge in [0.25, 0.3) is 0 Å². The van der Waals surface area contributed by atoms with Crippen LogP contribution in [-0.2, 0) is 0 Å². The molecule has 0 aliphatic heterocycles. The first-order valence-corrected chi connectivity index (χ1v) is 15.9. The van der Waals surface area contributed by atoms with Crippen molar-refractivity contribution in [2.24, 2.45) is 0 Å². The molecule has 7 aromatic carbocycles. The molecule has 0 unspecified atom stereocenters. The van der Waals surface area contributed by atoms with Gasteiger partial charge in [0.1, 0.15) is 5.82 Å². The molecule has 0 amide bonds. The maximum Gasteiger partial charge on any atom is 0.145 e. The Kier molecular flexibility index (Phi) is 6.46. The van der Waals surface area contributed by atoms with E-state index in [9.17, 15) is 0 Å². The Morgan fingerprint density at radius 2 is 0.957 bits per heavy atom. The fourth-order valence-electron chi connectivity index (χ4n) is 6.99. The Hall–Kier alpha value is -6.32. The van der Waals surface area contributed by atoms with Crippen LogP contribution in [0.15, 0.2) is 176 Å². The van der Waals surface area contributed by atoms with Gasteiger partial charge >= 0.3 is 0 Å². The minimum atomic E-state index is 0.932. The number of aromatic nitrogens is 3. The van der Waals surface area contributed by atoms with Crippen molar-refractivity contribution in [1.82, 2.24) is 14.5 Å². The molecule has 220 valence electrons. The van der Waals surface area contributed by atoms with Gasteiger partial charge in [0, 0.05) is 23.0 Å². The zero-order valence-electron chi connectivity index (χ0n) is 25.6. The molecule has 9 rings (SSSR count). The summed E-state index contributed by atoms with van der Waals surface area (Å²) in [7, 11) is 0. The molecule has 0 radical (unpaired) electrons. The average molecular weight is 600 g/mol. The zero-order chi connectivity index (χ0) is 31.2. The van der Waals surface area contributed by atoms with Gasteiger partial charge in [-0.1, -0.05) is 127 Å². The molecule has 0 aliphatic rings. The molecule has 0 atom stereocenters. The first-order chi connectivity index (χ1) is 23.3. The van der Waals surface area contributed by atoms with Crippen LogP contribution in [0.2, 0.25) is 0 Å². The molecular formula is C44H29N3. The lowest BCUT2D eigenvalue weighted by atomic mass is 9.85. The van der Waals surface area contributed by atoms with Crippen LogP contribution in [0.3, 0.4) is 0 Å². The molecule has 0 bridgehead atoms. The van der Waals surface area contributed by atoms with Crippen LogP contribution in [0.25, 0.3) is 83.2 Å². The molecule has 0 N–H and O–H groups in total. The predicted octanol–water partition coefficient (Wildman–Crippen LogP) is 11.4. The van der Waals surface area contributed by atoms with Crippen molar-refractivity contribution in [1.29, 1.82) is 0 Å². The number of imidazole rings is 1. The second-order valence-corrected chi connectivity index (χ2v) is 11.8. The van der Waals surface area contributed by atoms with Gasteiger partial charge in [0.05, 0.1) is 16.7 Å². The van der Waals surface area contributed by atoms with E-state index in [1.165, 1.54) is 43.8 Å². The van der Waals surface area contributed by atoms with E-state index < -0.39 is 0 Å². The summed E-state index contributed by atoms with van der Waals surface area (Å²) in [5.41, 5.74) is 11.1. The fourth-order valence-corrected chi connectivity index (χ4v) is 6.99. The SMILES string of the molecule is c1ccc(-c2nc3ccccc3n2-c2cccc(-c3c4ccccc4c(-c4cccc(-c5ccccn5)c4)c4ccccc34)c2)cc1. The molecule has 0 aliphatic carbocycles. The number of benzene rings is 7. The van der Waals surface area contributed by atoms with E-state index in [0.29, 0.717) is 0 Å². The Morgan fingerprint density at radius 3 is 1.64 bits per heavy atom. The molecule has 3 nitrogen and oxygen atoms in total. The molecule has 0 spiro atoms. The number of pyridine rings is 1. The second kappa shape index (κ2) is 11.2. The zero-order valence-corrected chi connectivity index (χ0v) is 25.6. The van der Waals surface area contributed by atoms with Crippen molar-refractivity contribution in [2.75, 3.05) is 0 Å². The third kappa shape index (κ3) is 4.60. The monoisotopic (exact) mass is 599 g/mol. The molecule has 9 aromatic rings. The first kappa shape index (κ1) is 27.0. The third-order valence-electron chi connectivity index (χ3n) is 9.03. The van der Waals surface area contributed by atoms with E-state index in [2.05, 4.69) is 161 Å². The lowest BCUT2D eigenvalue weighted by molar-refractivity contribution is 1.10. The van der Waals surface area contributed by atoms with Crippen molar-refractivity contribution >= 4 is 32.6 Å². The van der Waals surface area contributed by atoms with Crippen LogP contribution in [0.5, 0.6) is 0 Å². The number of hydrogen-bond acceptors (Lipinski definition) is 2. The van der Waals surface area contributed by atoms with Crippen LogP contribution >= 0.6 is 0 Å². The van der Waals surface area contributed by atoms with E-state index in [4.69, 9.17) is 4.98 Å². The van der Waals surface area contributed by atoms with Gasteiger partial charge in [-0.15, -0.1) is 0 Å². The van der Waals surface area contributed by atoms with Gasteiger partial charge in [-0.3, -0.25) is 9.55 Å². The lowest BCUT2D eigenvalue weighted by Crippen LogP contribution is -1.98. The molecule has 2 heterocycles. The van der Waals surface area contributed by atoms with Crippen molar-refractivity contribution in [3.8, 4) is 50.6 Å². The van der Waals surface area contributed by atoms with Gasteiger partial charge in [-0.05, 0) is 86.3 Å². The summed E-state index contributed by atoms with van der Waals surface area (Å²) in [4.78, 5) is 9.72. The van der Waals surface area contributed by atoms with Crippen molar-refractivity contribution in [2.45, 2.75) is 0 Å². The Labute approximate surface area is 273 Å². The highest BCUT2D eigenvalue weighted by Gasteiger charge is 2.19. The minimum Gasteiger partial charge on any atom is -0.292 e. The largest absolute Gasteiger partial charge is 0.292 e. The van der Waals surface area contributed by atoms with Gasteiger partial charge in [-0.25, -0.2) is 4.98 Å². The number of hydrogen-bond donors (Lipinski definition) is 0. The van der Waals surface area contributed by atoms with Crippen LogP contribution in [0, 0.1) is 0 Å². The van der Waals surface area contributed by atoms with Crippen molar-refractivity contribution in [3.05, 3.63) is 176 Å². The van der Waals surface area contributed by atoms with E-state index in [1.807, 2.05) is 24.4 Å². The molecule has 47 heavy (non-hydrogen) atoms. The molecule has 2 aromatic heterocycles. The van der Waals surface area contributed by atoms with Crippen LogP contribution < -0.4 is 0 Å². The topological polar surface area (TPSA) is 30.7 Å². The van der Waals surface area contributed by atoms with Gasteiger partial charge < -0.3 is 0 Å². The predicted molar refractivity (Wildman–Crippen MR) is 196 cm³/mol. The van der Waals surface area contributed by atoms with E-state index >= 15 is 0 Å². The van der Waals surface area contributed by atoms with E-state index in [-0.39, 0.29) is 0 Å². The summed E-state index contributed by atoms with van der Waals surface area (Å²) < 4.78 is 2.29. The van der Waals surface area contributed by atoms with Crippen LogP contribution in [0.4, 0.5) is 0 Å². The first-order valence-electron chi connectivity index (χ1n) is 15.9. The van der Waals surface area contributed by atoms with E-state index in [0.717, 1.165) is 39.4 Å². The summed E-state index contributed by atoms with van der Waals surface area (Å²) in [6.07, 6.45) is 1.85. The maximum absolute atomic E-state index is 5.09. The Balaban J connectivity index is 1.29. The summed E-state index contributed by atoms with van der Waals surface area (Å²) >= 11 is 0. The van der Waals surface area contributed by atoms with Gasteiger partial charge in [0.2, 0.25) is 0 Å². The Bertz CT molecular complexity index is 2510. The highest BCUT2D eigenvalue weighted by Crippen LogP contribution is 2.44. The summed E-state index contributed by atoms with van der Waals surface area (Å²) in [5, 5.41) is 4.89. The summed E-state index contributed by atoms with van der Waals surface area (Å²) in [5.74, 6) is 0.932. The minimum absolute atomic E-state index is 0.932. The van der Waals surface area contributed by atoms with Gasteiger partial charge in [0.15, 0.2) is 0 Å². The average Bonchev–Trinajstić information content (AvgIpc) is 3.54. The lowest BCUT2D eigenvalue weighted by Gasteiger charge is -2.19. The number of fused-ring (bicyclic) bond motifs is 3. The third-order valence-corrected chi connectivity index (χ3v) is 9.03. The standard InChI is InChI=1S/C44H29N3/c1-2-14-30(15-3-1)44-46-40-25-8-9-26-41(40)47(44)34-19-13-18-33(29-34)43-37-22-6-4-20-35(37)42(36-21-5-7-23-38(36)43)32-17-12-16-31(28-32)39-24-10-11-27-45-39/h1-29H. The normalized spacial score (nSPS) is 11.4. The number of para-hydroxylation sites is 2. The smallest absolute Gasteiger partial charge is 0.145 e. The van der Waals surface area contributed by atoms with E-state index in [1.54, 1.807) is 0 Å². The van der Waals surface area contributed by atoms with Crippen LogP contribution in [0.1, 0.15) is 0 Å². The number of rotatable bonds is 5. The highest BCUT2D eigenvalue weighted by molar-refractivity contribution is 6.21. The second-order valence-electron chi connectivity index (χ2n) is 11.8. The summed E-state index contributed by atoms with van der Waals surface area (Å²) in [6.45, 7) is 0. The van der Waals surface area contributed by atoms with Crippen LogP contribution in [-0.4, -0.2) is 14.5 Å². The van der Waals surface area contributed by atoms with Gasteiger partial charge in [-0.2, -0.15) is 0 Å². The number of nitrogens with zero attached hydrogens (tertiary/aromatic N) is 3. The fraction of sp³-hybridized carbons (Fsp3) is 0. The quantitative estimate of drug-likeness (QED) is 0.184. The molecule has 0 saturated heterocycles. The molecule has 0 fully saturated rings.